The summed E-state index contributed by atoms with van der Waals surface area (Å²) in [5.74, 6) is 0.852. The van der Waals surface area contributed by atoms with Gasteiger partial charge in [-0.25, -0.2) is 0 Å². The van der Waals surface area contributed by atoms with Crippen LogP contribution >= 0.6 is 0 Å². The molecular weight excluding hydrogens is 228 g/mol. The summed E-state index contributed by atoms with van der Waals surface area (Å²) in [5.41, 5.74) is 0.965. The molecule has 0 saturated carbocycles. The quantitative estimate of drug-likeness (QED) is 0.828. The van der Waals surface area contributed by atoms with Crippen molar-refractivity contribution in [1.82, 2.24) is 0 Å². The number of carbonyl (C=O) groups excluding carboxylic acids is 1. The van der Waals surface area contributed by atoms with E-state index in [-0.39, 0.29) is 17.5 Å². The highest BCUT2D eigenvalue weighted by molar-refractivity contribution is 5.91. The van der Waals surface area contributed by atoms with Crippen molar-refractivity contribution in [1.29, 1.82) is 0 Å². The van der Waals surface area contributed by atoms with Gasteiger partial charge in [0.25, 0.3) is 0 Å². The van der Waals surface area contributed by atoms with Crippen molar-refractivity contribution in [3.63, 3.8) is 0 Å². The molecule has 3 nitrogen and oxygen atoms in total. The van der Waals surface area contributed by atoms with E-state index in [1.807, 2.05) is 24.3 Å². The Hall–Kier alpha value is -2.03. The minimum Gasteiger partial charge on any atom is -0.512 e. The van der Waals surface area contributed by atoms with Crippen LogP contribution in [0, 0.1) is 0 Å². The Bertz CT molecular complexity index is 488. The maximum Gasteiger partial charge on any atom is 0.159 e. The van der Waals surface area contributed by atoms with Crippen molar-refractivity contribution in [3.8, 4) is 5.75 Å². The second-order valence-corrected chi connectivity index (χ2v) is 4.34. The van der Waals surface area contributed by atoms with Crippen LogP contribution in [0.5, 0.6) is 5.75 Å². The molecule has 3 heteroatoms. The zero-order valence-corrected chi connectivity index (χ0v) is 10.1. The Morgan fingerprint density at radius 1 is 1.39 bits per heavy atom. The number of ether oxygens (including phenoxy) is 1. The van der Waals surface area contributed by atoms with Crippen molar-refractivity contribution in [3.05, 3.63) is 54.3 Å². The lowest BCUT2D eigenvalue weighted by atomic mass is 9.86. The highest BCUT2D eigenvalue weighted by Crippen LogP contribution is 2.35. The predicted octanol–water partition coefficient (Wildman–Crippen LogP) is 3.14. The molecule has 0 fully saturated rings. The van der Waals surface area contributed by atoms with E-state index in [9.17, 15) is 9.90 Å². The van der Waals surface area contributed by atoms with Gasteiger partial charge in [0.2, 0.25) is 0 Å². The molecule has 1 aromatic rings. The number of hydrogen-bond donors (Lipinski definition) is 1. The van der Waals surface area contributed by atoms with Gasteiger partial charge in [-0.3, -0.25) is 4.79 Å². The van der Waals surface area contributed by atoms with Gasteiger partial charge >= 0.3 is 0 Å². The standard InChI is InChI=1S/C15H16O3/c1-2-7-18-15-6-4-3-5-14(15)11-8-12(16)10-13(17)9-11/h2-6,10-11,16H,1,7-9H2. The number of carbonyl (C=O) groups is 1. The lowest BCUT2D eigenvalue weighted by Crippen LogP contribution is -2.13. The Labute approximate surface area is 106 Å². The Balaban J connectivity index is 2.25. The first-order chi connectivity index (χ1) is 8.70. The zero-order chi connectivity index (χ0) is 13.0. The zero-order valence-electron chi connectivity index (χ0n) is 10.1. The van der Waals surface area contributed by atoms with E-state index in [1.54, 1.807) is 6.08 Å². The summed E-state index contributed by atoms with van der Waals surface area (Å²) in [5, 5.41) is 9.56. The van der Waals surface area contributed by atoms with Gasteiger partial charge < -0.3 is 9.84 Å². The van der Waals surface area contributed by atoms with Crippen LogP contribution in [0.2, 0.25) is 0 Å². The molecule has 0 spiro atoms. The van der Waals surface area contributed by atoms with Gasteiger partial charge in [0.1, 0.15) is 12.4 Å². The molecule has 0 aromatic heterocycles. The summed E-state index contributed by atoms with van der Waals surface area (Å²) in [4.78, 5) is 11.5. The summed E-state index contributed by atoms with van der Waals surface area (Å²) in [6.07, 6.45) is 3.89. The Kier molecular flexibility index (Phi) is 3.82. The fraction of sp³-hybridized carbons (Fsp3) is 0.267. The normalized spacial score (nSPS) is 19.2. The topological polar surface area (TPSA) is 46.5 Å². The molecule has 0 radical (unpaired) electrons. The summed E-state index contributed by atoms with van der Waals surface area (Å²) < 4.78 is 5.58. The van der Waals surface area contributed by atoms with Gasteiger partial charge in [0.05, 0.1) is 5.76 Å². The summed E-state index contributed by atoms with van der Waals surface area (Å²) in [6.45, 7) is 4.04. The van der Waals surface area contributed by atoms with Crippen LogP contribution in [0.4, 0.5) is 0 Å². The molecule has 2 rings (SSSR count). The van der Waals surface area contributed by atoms with Crippen LogP contribution in [0.1, 0.15) is 24.3 Å². The van der Waals surface area contributed by atoms with Gasteiger partial charge in [-0.05, 0) is 11.6 Å². The van der Waals surface area contributed by atoms with Crippen LogP contribution in [0.3, 0.4) is 0 Å². The third-order valence-corrected chi connectivity index (χ3v) is 2.95. The average molecular weight is 244 g/mol. The molecule has 0 bridgehead atoms. The van der Waals surface area contributed by atoms with Crippen LogP contribution < -0.4 is 4.74 Å². The fourth-order valence-corrected chi connectivity index (χ4v) is 2.19. The highest BCUT2D eigenvalue weighted by Gasteiger charge is 2.24. The third kappa shape index (κ3) is 2.80. The van der Waals surface area contributed by atoms with Crippen LogP contribution in [0.15, 0.2) is 48.8 Å². The minimum atomic E-state index is -0.0396. The molecule has 0 aliphatic heterocycles. The van der Waals surface area contributed by atoms with Crippen molar-refractivity contribution < 1.29 is 14.6 Å². The van der Waals surface area contributed by atoms with E-state index < -0.39 is 0 Å². The number of para-hydroxylation sites is 1. The summed E-state index contributed by atoms with van der Waals surface area (Å²) in [6, 6.07) is 7.62. The van der Waals surface area contributed by atoms with Gasteiger partial charge in [-0.2, -0.15) is 0 Å². The van der Waals surface area contributed by atoms with Gasteiger partial charge in [0.15, 0.2) is 5.78 Å². The molecule has 0 heterocycles. The van der Waals surface area contributed by atoms with E-state index >= 15 is 0 Å². The highest BCUT2D eigenvalue weighted by atomic mass is 16.5. The number of allylic oxidation sites excluding steroid dienone is 2. The van der Waals surface area contributed by atoms with E-state index in [4.69, 9.17) is 4.74 Å². The molecule has 94 valence electrons. The molecule has 18 heavy (non-hydrogen) atoms. The lowest BCUT2D eigenvalue weighted by Gasteiger charge is -2.21. The number of aliphatic hydroxyl groups is 1. The fourth-order valence-electron chi connectivity index (χ4n) is 2.19. The van der Waals surface area contributed by atoms with Crippen molar-refractivity contribution in [2.45, 2.75) is 18.8 Å². The average Bonchev–Trinajstić information content (AvgIpc) is 2.35. The van der Waals surface area contributed by atoms with Crippen LogP contribution in [-0.2, 0) is 4.79 Å². The number of aliphatic hydroxyl groups excluding tert-OH is 1. The van der Waals surface area contributed by atoms with E-state index in [0.29, 0.717) is 19.4 Å². The molecular formula is C15H16O3. The lowest BCUT2D eigenvalue weighted by molar-refractivity contribution is -0.115. The second kappa shape index (κ2) is 5.54. The monoisotopic (exact) mass is 244 g/mol. The molecule has 1 unspecified atom stereocenters. The minimum absolute atomic E-state index is 0.0106. The molecule has 1 N–H and O–H groups in total. The maximum absolute atomic E-state index is 11.5. The second-order valence-electron chi connectivity index (χ2n) is 4.34. The Morgan fingerprint density at radius 2 is 2.17 bits per heavy atom. The predicted molar refractivity (Wildman–Crippen MR) is 69.8 cm³/mol. The number of hydrogen-bond acceptors (Lipinski definition) is 3. The SMILES string of the molecule is C=CCOc1ccccc1C1CC(=O)C=C(O)C1. The molecule has 0 amide bonds. The van der Waals surface area contributed by atoms with Gasteiger partial charge in [0, 0.05) is 24.8 Å². The molecule has 1 aliphatic carbocycles. The summed E-state index contributed by atoms with van der Waals surface area (Å²) >= 11 is 0. The molecule has 1 aromatic carbocycles. The van der Waals surface area contributed by atoms with Crippen molar-refractivity contribution >= 4 is 5.78 Å². The first kappa shape index (κ1) is 12.4. The van der Waals surface area contributed by atoms with Crippen molar-refractivity contribution in [2.75, 3.05) is 6.61 Å². The van der Waals surface area contributed by atoms with Crippen LogP contribution in [-0.4, -0.2) is 17.5 Å². The largest absolute Gasteiger partial charge is 0.512 e. The first-order valence-electron chi connectivity index (χ1n) is 5.95. The Morgan fingerprint density at radius 3 is 2.89 bits per heavy atom. The van der Waals surface area contributed by atoms with Crippen LogP contribution in [0.25, 0.3) is 0 Å². The van der Waals surface area contributed by atoms with Gasteiger partial charge in [-0.1, -0.05) is 30.9 Å². The first-order valence-corrected chi connectivity index (χ1v) is 5.95. The summed E-state index contributed by atoms with van der Waals surface area (Å²) in [7, 11) is 0. The van der Waals surface area contributed by atoms with E-state index in [1.165, 1.54) is 6.08 Å². The van der Waals surface area contributed by atoms with Gasteiger partial charge in [-0.15, -0.1) is 0 Å². The molecule has 0 saturated heterocycles. The molecule has 1 atom stereocenters. The number of rotatable bonds is 4. The number of benzene rings is 1. The smallest absolute Gasteiger partial charge is 0.159 e. The van der Waals surface area contributed by atoms with Crippen molar-refractivity contribution in [2.24, 2.45) is 0 Å². The molecule has 1 aliphatic rings. The maximum atomic E-state index is 11.5. The van der Waals surface area contributed by atoms with E-state index in [2.05, 4.69) is 6.58 Å². The third-order valence-electron chi connectivity index (χ3n) is 2.95. The number of ketones is 1. The van der Waals surface area contributed by atoms with E-state index in [0.717, 1.165) is 11.3 Å².